The average molecular weight is 333 g/mol. The van der Waals surface area contributed by atoms with E-state index in [1.54, 1.807) is 31.7 Å². The number of benzene rings is 1. The number of fused-ring (bicyclic) bond motifs is 1. The van der Waals surface area contributed by atoms with Crippen LogP contribution in [0.3, 0.4) is 0 Å². The highest BCUT2D eigenvalue weighted by atomic mass is 127. The van der Waals surface area contributed by atoms with Crippen LogP contribution in [0, 0.1) is 10.5 Å². The minimum Gasteiger partial charge on any atom is -0.496 e. The molecule has 0 saturated carbocycles. The average Bonchev–Trinajstić information content (AvgIpc) is 2.28. The normalized spacial score (nSPS) is 10.5. The summed E-state index contributed by atoms with van der Waals surface area (Å²) in [6.45, 7) is 1.71. The molecule has 1 N–H and O–H groups in total. The number of nitrogens with one attached hydrogen (secondary N) is 1. The minimum absolute atomic E-state index is 0.183. The smallest absolute Gasteiger partial charge is 0.165 e. The molecular weight excluding hydrogens is 324 g/mol. The highest BCUT2D eigenvalue weighted by Gasteiger charge is 2.09. The topological polar surface area (TPSA) is 47.0 Å². The molecule has 0 spiro atoms. The molecule has 0 bridgehead atoms. The van der Waals surface area contributed by atoms with E-state index in [4.69, 9.17) is 4.74 Å². The molecule has 0 fully saturated rings. The maximum absolute atomic E-state index is 12.6. The van der Waals surface area contributed by atoms with E-state index in [0.717, 1.165) is 9.32 Å². The van der Waals surface area contributed by atoms with Crippen LogP contribution in [0.1, 0.15) is 5.82 Å². The van der Waals surface area contributed by atoms with Crippen LogP contribution in [0.15, 0.2) is 12.1 Å². The van der Waals surface area contributed by atoms with Crippen molar-refractivity contribution in [3.05, 3.63) is 21.5 Å². The Kier molecular flexibility index (Phi) is 3.08. The van der Waals surface area contributed by atoms with Gasteiger partial charge in [-0.2, -0.15) is 0 Å². The maximum atomic E-state index is 12.6. The van der Waals surface area contributed by atoms with E-state index in [1.165, 1.54) is 0 Å². The fourth-order valence-corrected chi connectivity index (χ4v) is 2.16. The van der Waals surface area contributed by atoms with Crippen molar-refractivity contribution >= 4 is 39.3 Å². The molecule has 4 nitrogen and oxygen atoms in total. The quantitative estimate of drug-likeness (QED) is 0.678. The second-order valence-corrected chi connectivity index (χ2v) is 4.38. The zero-order valence-corrected chi connectivity index (χ0v) is 10.9. The standard InChI is InChI=1S/C10H9FIN3O/c1-5-13-8-4-9(16-2)7(12)3-6(8)10(14-5)15-11/h3-4H,1-2H3,(H,13,14,15). The first-order valence-electron chi connectivity index (χ1n) is 4.54. The number of nitrogens with zero attached hydrogens (tertiary/aromatic N) is 2. The highest BCUT2D eigenvalue weighted by molar-refractivity contribution is 14.1. The molecule has 0 aliphatic carbocycles. The van der Waals surface area contributed by atoms with E-state index in [9.17, 15) is 4.48 Å². The third kappa shape index (κ3) is 1.89. The van der Waals surface area contributed by atoms with Crippen LogP contribution >= 0.6 is 22.6 Å². The molecule has 0 atom stereocenters. The molecule has 0 radical (unpaired) electrons. The van der Waals surface area contributed by atoms with Crippen molar-refractivity contribution in [3.8, 4) is 5.75 Å². The number of rotatable bonds is 2. The molecule has 2 aromatic rings. The summed E-state index contributed by atoms with van der Waals surface area (Å²) >= 11 is 2.12. The van der Waals surface area contributed by atoms with Crippen molar-refractivity contribution in [2.24, 2.45) is 0 Å². The predicted octanol–water partition coefficient (Wildman–Crippen LogP) is 2.85. The summed E-state index contributed by atoms with van der Waals surface area (Å²) in [5.41, 5.74) is 2.24. The monoisotopic (exact) mass is 333 g/mol. The van der Waals surface area contributed by atoms with E-state index in [-0.39, 0.29) is 5.82 Å². The first-order valence-corrected chi connectivity index (χ1v) is 5.62. The lowest BCUT2D eigenvalue weighted by Gasteiger charge is -2.08. The van der Waals surface area contributed by atoms with Crippen LogP contribution in [-0.2, 0) is 0 Å². The van der Waals surface area contributed by atoms with Gasteiger partial charge in [0.25, 0.3) is 0 Å². The summed E-state index contributed by atoms with van der Waals surface area (Å²) in [5.74, 6) is 1.41. The Balaban J connectivity index is 2.79. The molecule has 1 heterocycles. The van der Waals surface area contributed by atoms with Crippen LogP contribution in [-0.4, -0.2) is 17.1 Å². The van der Waals surface area contributed by atoms with E-state index < -0.39 is 0 Å². The van der Waals surface area contributed by atoms with Gasteiger partial charge in [-0.3, -0.25) is 0 Å². The van der Waals surface area contributed by atoms with E-state index in [1.807, 2.05) is 0 Å². The largest absolute Gasteiger partial charge is 0.496 e. The molecule has 0 aliphatic rings. The molecule has 1 aromatic heterocycles. The van der Waals surface area contributed by atoms with Gasteiger partial charge in [-0.25, -0.2) is 15.5 Å². The lowest BCUT2D eigenvalue weighted by molar-refractivity contribution is 0.412. The number of aromatic nitrogens is 2. The van der Waals surface area contributed by atoms with E-state index in [2.05, 4.69) is 32.6 Å². The van der Waals surface area contributed by atoms with Gasteiger partial charge in [0.1, 0.15) is 11.6 Å². The summed E-state index contributed by atoms with van der Waals surface area (Å²) in [6, 6.07) is 3.56. The van der Waals surface area contributed by atoms with Gasteiger partial charge in [-0.15, -0.1) is 4.48 Å². The second-order valence-electron chi connectivity index (χ2n) is 3.22. The van der Waals surface area contributed by atoms with Gasteiger partial charge < -0.3 is 4.74 Å². The molecule has 16 heavy (non-hydrogen) atoms. The molecule has 84 valence electrons. The molecule has 0 aliphatic heterocycles. The van der Waals surface area contributed by atoms with E-state index >= 15 is 0 Å². The summed E-state index contributed by atoms with van der Waals surface area (Å²) in [7, 11) is 1.59. The number of aryl methyl sites for hydroxylation is 1. The first-order chi connectivity index (χ1) is 7.65. The summed E-state index contributed by atoms with van der Waals surface area (Å²) in [6.07, 6.45) is 0. The van der Waals surface area contributed by atoms with Crippen molar-refractivity contribution in [3.63, 3.8) is 0 Å². The third-order valence-corrected chi connectivity index (χ3v) is 3.01. The Morgan fingerprint density at radius 2 is 2.12 bits per heavy atom. The Hall–Kier alpha value is -1.18. The fraction of sp³-hybridized carbons (Fsp3) is 0.200. The molecule has 6 heteroatoms. The number of halogens is 2. The highest BCUT2D eigenvalue weighted by Crippen LogP contribution is 2.29. The zero-order chi connectivity index (χ0) is 11.7. The lowest BCUT2D eigenvalue weighted by atomic mass is 10.2. The summed E-state index contributed by atoms with van der Waals surface area (Å²) in [5, 5.41) is 0.637. The molecule has 1 aromatic carbocycles. The van der Waals surface area contributed by atoms with Crippen LogP contribution in [0.5, 0.6) is 5.75 Å². The van der Waals surface area contributed by atoms with Crippen molar-refractivity contribution in [1.82, 2.24) is 9.97 Å². The lowest BCUT2D eigenvalue weighted by Crippen LogP contribution is -1.97. The van der Waals surface area contributed by atoms with Crippen molar-refractivity contribution in [1.29, 1.82) is 0 Å². The molecular formula is C10H9FIN3O. The van der Waals surface area contributed by atoms with Crippen molar-refractivity contribution < 1.29 is 9.22 Å². The number of anilines is 1. The number of hydrogen-bond acceptors (Lipinski definition) is 4. The van der Waals surface area contributed by atoms with Crippen molar-refractivity contribution in [2.45, 2.75) is 6.92 Å². The summed E-state index contributed by atoms with van der Waals surface area (Å²) in [4.78, 5) is 8.21. The van der Waals surface area contributed by atoms with Gasteiger partial charge in [-0.05, 0) is 35.6 Å². The number of hydrogen-bond donors (Lipinski definition) is 1. The van der Waals surface area contributed by atoms with Crippen LogP contribution in [0.2, 0.25) is 0 Å². The first kappa shape index (κ1) is 11.3. The Morgan fingerprint density at radius 1 is 1.38 bits per heavy atom. The Bertz CT molecular complexity index is 547. The minimum atomic E-state index is 0.183. The molecule has 0 saturated heterocycles. The van der Waals surface area contributed by atoms with Gasteiger partial charge >= 0.3 is 0 Å². The van der Waals surface area contributed by atoms with Crippen LogP contribution < -0.4 is 10.3 Å². The summed E-state index contributed by atoms with van der Waals surface area (Å²) < 4.78 is 18.6. The molecule has 0 unspecified atom stereocenters. The SMILES string of the molecule is COc1cc2nc(C)nc(NF)c2cc1I. The third-order valence-electron chi connectivity index (χ3n) is 2.17. The van der Waals surface area contributed by atoms with E-state index in [0.29, 0.717) is 16.7 Å². The van der Waals surface area contributed by atoms with Crippen molar-refractivity contribution in [2.75, 3.05) is 12.6 Å². The fourth-order valence-electron chi connectivity index (χ4n) is 1.47. The molecule has 0 amide bonds. The van der Waals surface area contributed by atoms with Crippen LogP contribution in [0.25, 0.3) is 10.9 Å². The number of ether oxygens (including phenoxy) is 1. The van der Waals surface area contributed by atoms with Gasteiger partial charge in [-0.1, -0.05) is 0 Å². The zero-order valence-electron chi connectivity index (χ0n) is 8.71. The Labute approximate surface area is 105 Å². The van der Waals surface area contributed by atoms with Crippen LogP contribution in [0.4, 0.5) is 10.3 Å². The van der Waals surface area contributed by atoms with Gasteiger partial charge in [0.2, 0.25) is 0 Å². The Morgan fingerprint density at radius 3 is 2.75 bits per heavy atom. The number of methoxy groups -OCH3 is 1. The molecule has 2 rings (SSSR count). The van der Waals surface area contributed by atoms with Gasteiger partial charge in [0.15, 0.2) is 5.82 Å². The van der Waals surface area contributed by atoms with Gasteiger partial charge in [0, 0.05) is 11.5 Å². The predicted molar refractivity (Wildman–Crippen MR) is 68.3 cm³/mol. The second kappa shape index (κ2) is 4.36. The van der Waals surface area contributed by atoms with Gasteiger partial charge in [0.05, 0.1) is 16.2 Å². The maximum Gasteiger partial charge on any atom is 0.165 e.